The monoisotopic (exact) mass is 561 g/mol. The lowest BCUT2D eigenvalue weighted by Crippen LogP contribution is -2.68. The van der Waals surface area contributed by atoms with Gasteiger partial charge in [0.2, 0.25) is 17.1 Å². The molecule has 1 aromatic heterocycles. The number of rotatable bonds is 4. The summed E-state index contributed by atoms with van der Waals surface area (Å²) in [6.07, 6.45) is 0. The summed E-state index contributed by atoms with van der Waals surface area (Å²) < 4.78 is 37.4. The van der Waals surface area contributed by atoms with E-state index in [0.717, 1.165) is 21.5 Å². The fourth-order valence-corrected chi connectivity index (χ4v) is 4.17. The van der Waals surface area contributed by atoms with E-state index >= 15 is 0 Å². The van der Waals surface area contributed by atoms with E-state index in [1.807, 2.05) is 0 Å². The van der Waals surface area contributed by atoms with Gasteiger partial charge >= 0.3 is 0 Å². The number of hydrogen-bond acceptors (Lipinski definition) is 4. The molecule has 5 nitrogen and oxygen atoms in total. The third kappa shape index (κ3) is 6.86. The average molecular weight is 563 g/mol. The first kappa shape index (κ1) is 25.7. The van der Waals surface area contributed by atoms with Gasteiger partial charge in [0.05, 0.1) is 0 Å². The van der Waals surface area contributed by atoms with Crippen LogP contribution in [0.25, 0.3) is 39.3 Å². The molecule has 0 aliphatic heterocycles. The first-order valence-corrected chi connectivity index (χ1v) is 13.0. The minimum atomic E-state index is -4.94. The average Bonchev–Trinajstić information content (AvgIpc) is 2.89. The SMILES string of the molecule is Brc1ccc(-[n+]2c(-c3ccccc3)cc(-c3ccccc3)cc2-c2ccccc2)cc1.[O-][Cl+3]([O-])([O-])[O-]. The molecular formula is C29H21BrClNO4. The third-order valence-corrected chi connectivity index (χ3v) is 5.93. The Balaban J connectivity index is 0.000000556. The molecule has 0 radical (unpaired) electrons. The Morgan fingerprint density at radius 3 is 1.22 bits per heavy atom. The molecule has 36 heavy (non-hydrogen) atoms. The van der Waals surface area contributed by atoms with Crippen LogP contribution in [0.2, 0.25) is 0 Å². The maximum absolute atomic E-state index is 8.49. The van der Waals surface area contributed by atoms with E-state index in [2.05, 4.69) is 148 Å². The van der Waals surface area contributed by atoms with Gasteiger partial charge in [0.15, 0.2) is 0 Å². The number of pyridine rings is 1. The van der Waals surface area contributed by atoms with Gasteiger partial charge < -0.3 is 0 Å². The van der Waals surface area contributed by atoms with E-state index in [9.17, 15) is 0 Å². The Labute approximate surface area is 220 Å². The molecule has 7 heteroatoms. The summed E-state index contributed by atoms with van der Waals surface area (Å²) in [4.78, 5) is 0. The lowest BCUT2D eigenvalue weighted by atomic mass is 9.98. The summed E-state index contributed by atoms with van der Waals surface area (Å²) in [6, 6.07) is 44.9. The fourth-order valence-electron chi connectivity index (χ4n) is 3.90. The van der Waals surface area contributed by atoms with Gasteiger partial charge in [0.1, 0.15) is 0 Å². The lowest BCUT2D eigenvalue weighted by molar-refractivity contribution is -2.00. The maximum Gasteiger partial charge on any atom is 0.219 e. The van der Waals surface area contributed by atoms with Crippen molar-refractivity contribution >= 4 is 15.9 Å². The Kier molecular flexibility index (Phi) is 8.28. The molecule has 1 heterocycles. The molecule has 0 aliphatic rings. The van der Waals surface area contributed by atoms with Crippen molar-refractivity contribution in [1.82, 2.24) is 0 Å². The highest BCUT2D eigenvalue weighted by atomic mass is 79.9. The number of benzene rings is 4. The van der Waals surface area contributed by atoms with Crippen LogP contribution in [0.15, 0.2) is 132 Å². The second kappa shape index (κ2) is 11.6. The summed E-state index contributed by atoms with van der Waals surface area (Å²) in [5.74, 6) is 0. The molecule has 0 atom stereocenters. The Morgan fingerprint density at radius 2 is 0.833 bits per heavy atom. The molecule has 0 unspecified atom stereocenters. The van der Waals surface area contributed by atoms with Gasteiger partial charge in [-0.15, -0.1) is 10.2 Å². The van der Waals surface area contributed by atoms with Crippen molar-refractivity contribution in [3.63, 3.8) is 0 Å². The van der Waals surface area contributed by atoms with Crippen molar-refractivity contribution in [3.8, 4) is 39.3 Å². The van der Waals surface area contributed by atoms with E-state index in [0.29, 0.717) is 0 Å². The molecule has 5 aromatic rings. The molecule has 0 bridgehead atoms. The van der Waals surface area contributed by atoms with Gasteiger partial charge in [-0.2, -0.15) is 4.57 Å². The zero-order valence-electron chi connectivity index (χ0n) is 19.0. The molecule has 0 saturated heterocycles. The van der Waals surface area contributed by atoms with Crippen molar-refractivity contribution in [2.24, 2.45) is 0 Å². The highest BCUT2D eigenvalue weighted by Crippen LogP contribution is 2.30. The van der Waals surface area contributed by atoms with Crippen LogP contribution in [-0.2, 0) is 0 Å². The summed E-state index contributed by atoms with van der Waals surface area (Å²) >= 11 is 3.58. The van der Waals surface area contributed by atoms with Gasteiger partial charge in [-0.3, -0.25) is 0 Å². The summed E-state index contributed by atoms with van der Waals surface area (Å²) in [5.41, 5.74) is 8.21. The van der Waals surface area contributed by atoms with Gasteiger partial charge in [-0.05, 0) is 47.5 Å². The first-order valence-electron chi connectivity index (χ1n) is 10.9. The highest BCUT2D eigenvalue weighted by Gasteiger charge is 2.24. The van der Waals surface area contributed by atoms with Crippen LogP contribution < -0.4 is 23.2 Å². The predicted octanol–water partition coefficient (Wildman–Crippen LogP) is 2.97. The Hall–Kier alpha value is -3.36. The van der Waals surface area contributed by atoms with Crippen LogP contribution in [0, 0.1) is 10.2 Å². The summed E-state index contributed by atoms with van der Waals surface area (Å²) in [5, 5.41) is 0. The highest BCUT2D eigenvalue weighted by molar-refractivity contribution is 9.10. The minimum absolute atomic E-state index is 1.07. The smallest absolute Gasteiger partial charge is 0.219 e. The third-order valence-electron chi connectivity index (χ3n) is 5.40. The second-order valence-corrected chi connectivity index (χ2v) is 9.47. The number of aromatic nitrogens is 1. The van der Waals surface area contributed by atoms with Crippen molar-refractivity contribution in [3.05, 3.63) is 132 Å². The molecule has 4 aromatic carbocycles. The van der Waals surface area contributed by atoms with Crippen LogP contribution in [0.3, 0.4) is 0 Å². The summed E-state index contributed by atoms with van der Waals surface area (Å²) in [7, 11) is -4.94. The van der Waals surface area contributed by atoms with E-state index in [4.69, 9.17) is 18.6 Å². The largest absolute Gasteiger partial charge is 0.222 e. The molecule has 0 aliphatic carbocycles. The number of nitrogens with zero attached hydrogens (tertiary/aromatic N) is 1. The van der Waals surface area contributed by atoms with Crippen LogP contribution in [0.1, 0.15) is 0 Å². The molecule has 5 rings (SSSR count). The van der Waals surface area contributed by atoms with E-state index < -0.39 is 10.2 Å². The molecule has 180 valence electrons. The first-order chi connectivity index (χ1) is 17.3. The molecule has 0 N–H and O–H groups in total. The van der Waals surface area contributed by atoms with E-state index in [1.165, 1.54) is 22.3 Å². The molecular weight excluding hydrogens is 542 g/mol. The minimum Gasteiger partial charge on any atom is -0.222 e. The summed E-state index contributed by atoms with van der Waals surface area (Å²) in [6.45, 7) is 0. The lowest BCUT2D eigenvalue weighted by Gasteiger charge is -2.17. The van der Waals surface area contributed by atoms with Crippen molar-refractivity contribution in [2.75, 3.05) is 0 Å². The fraction of sp³-hybridized carbons (Fsp3) is 0. The second-order valence-electron chi connectivity index (χ2n) is 7.80. The van der Waals surface area contributed by atoms with Gasteiger partial charge in [-0.1, -0.05) is 82.7 Å². The molecule has 0 amide bonds. The molecule has 0 spiro atoms. The van der Waals surface area contributed by atoms with Crippen LogP contribution in [0.5, 0.6) is 0 Å². The zero-order valence-corrected chi connectivity index (χ0v) is 21.3. The maximum atomic E-state index is 8.49. The number of hydrogen-bond donors (Lipinski definition) is 0. The van der Waals surface area contributed by atoms with Crippen LogP contribution in [-0.4, -0.2) is 0 Å². The van der Waals surface area contributed by atoms with Crippen LogP contribution >= 0.6 is 15.9 Å². The van der Waals surface area contributed by atoms with Crippen molar-refractivity contribution in [2.45, 2.75) is 0 Å². The Bertz CT molecular complexity index is 1340. The van der Waals surface area contributed by atoms with Crippen molar-refractivity contribution in [1.29, 1.82) is 0 Å². The number of halogens is 2. The topological polar surface area (TPSA) is 96.1 Å². The zero-order chi connectivity index (χ0) is 25.5. The van der Waals surface area contributed by atoms with Gasteiger partial charge in [0.25, 0.3) is 0 Å². The Morgan fingerprint density at radius 1 is 0.472 bits per heavy atom. The standard InChI is InChI=1S/C29H21BrN.ClHO4/c30-26-16-18-27(19-17-26)31-28(23-12-6-2-7-13-23)20-25(22-10-4-1-5-11-22)21-29(31)24-14-8-3-9-15-24;2-1(3,4)5/h1-21H;(H,2,3,4,5)/q+1;/p-1. The quantitative estimate of drug-likeness (QED) is 0.315. The van der Waals surface area contributed by atoms with E-state index in [1.54, 1.807) is 0 Å². The van der Waals surface area contributed by atoms with Crippen molar-refractivity contribution < 1.29 is 33.4 Å². The molecule has 0 saturated carbocycles. The predicted molar refractivity (Wildman–Crippen MR) is 132 cm³/mol. The molecule has 0 fully saturated rings. The van der Waals surface area contributed by atoms with Crippen LogP contribution in [0.4, 0.5) is 0 Å². The van der Waals surface area contributed by atoms with E-state index in [-0.39, 0.29) is 0 Å². The van der Waals surface area contributed by atoms with Gasteiger partial charge in [-0.25, -0.2) is 18.6 Å². The normalized spacial score (nSPS) is 10.9. The van der Waals surface area contributed by atoms with Gasteiger partial charge in [0, 0.05) is 39.9 Å².